The maximum absolute atomic E-state index is 13.2. The molecule has 0 aliphatic rings. The van der Waals surface area contributed by atoms with E-state index >= 15 is 0 Å². The van der Waals surface area contributed by atoms with Gasteiger partial charge in [0.2, 0.25) is 11.8 Å². The lowest BCUT2D eigenvalue weighted by molar-refractivity contribution is -0.139. The van der Waals surface area contributed by atoms with E-state index in [0.717, 1.165) is 22.4 Å². The normalized spacial score (nSPS) is 12.8. The van der Waals surface area contributed by atoms with Crippen LogP contribution in [0.25, 0.3) is 0 Å². The number of benzene rings is 2. The summed E-state index contributed by atoms with van der Waals surface area (Å²) < 4.78 is 0. The summed E-state index contributed by atoms with van der Waals surface area (Å²) in [6.45, 7) is 8.40. The van der Waals surface area contributed by atoms with Gasteiger partial charge in [-0.25, -0.2) is 0 Å². The van der Waals surface area contributed by atoms with Crippen LogP contribution in [0, 0.1) is 6.92 Å². The van der Waals surface area contributed by atoms with Crippen molar-refractivity contribution in [2.45, 2.75) is 64.1 Å². The first-order chi connectivity index (χ1) is 14.3. The van der Waals surface area contributed by atoms with Crippen molar-refractivity contribution in [2.75, 3.05) is 5.75 Å². The standard InChI is InChI=1S/C24H31ClN2O2S/c1-5-18(4)26-24(29)22(6-2)27(15-19-9-7-17(3)8-10-19)23(28)16-30-21-13-11-20(25)12-14-21/h7-14,18,22H,5-6,15-16H2,1-4H3,(H,26,29)/t18-,22-/m0/s1. The first-order valence-electron chi connectivity index (χ1n) is 10.4. The van der Waals surface area contributed by atoms with Gasteiger partial charge in [0.25, 0.3) is 0 Å². The molecule has 4 nitrogen and oxygen atoms in total. The van der Waals surface area contributed by atoms with E-state index < -0.39 is 6.04 Å². The number of aryl methyl sites for hydroxylation is 1. The van der Waals surface area contributed by atoms with Crippen LogP contribution in [0.3, 0.4) is 0 Å². The summed E-state index contributed by atoms with van der Waals surface area (Å²) >= 11 is 7.40. The Bertz CT molecular complexity index is 824. The fourth-order valence-electron chi connectivity index (χ4n) is 3.01. The predicted molar refractivity (Wildman–Crippen MR) is 126 cm³/mol. The summed E-state index contributed by atoms with van der Waals surface area (Å²) in [6.07, 6.45) is 1.41. The summed E-state index contributed by atoms with van der Waals surface area (Å²) in [4.78, 5) is 28.8. The zero-order valence-electron chi connectivity index (χ0n) is 18.2. The van der Waals surface area contributed by atoms with Gasteiger partial charge < -0.3 is 10.2 Å². The van der Waals surface area contributed by atoms with Crippen molar-refractivity contribution in [3.05, 3.63) is 64.7 Å². The second-order valence-corrected chi connectivity index (χ2v) is 8.98. The molecule has 0 bridgehead atoms. The van der Waals surface area contributed by atoms with Gasteiger partial charge >= 0.3 is 0 Å². The maximum atomic E-state index is 13.2. The van der Waals surface area contributed by atoms with Crippen LogP contribution in [0.1, 0.15) is 44.7 Å². The van der Waals surface area contributed by atoms with Gasteiger partial charge in [0.15, 0.2) is 0 Å². The largest absolute Gasteiger partial charge is 0.352 e. The van der Waals surface area contributed by atoms with Crippen LogP contribution >= 0.6 is 23.4 Å². The van der Waals surface area contributed by atoms with Crippen molar-refractivity contribution in [3.8, 4) is 0 Å². The number of amides is 2. The third kappa shape index (κ3) is 7.37. The Hall–Kier alpha value is -1.98. The molecule has 2 rings (SSSR count). The Labute approximate surface area is 189 Å². The highest BCUT2D eigenvalue weighted by atomic mass is 35.5. The first-order valence-corrected chi connectivity index (χ1v) is 11.7. The molecule has 2 aromatic carbocycles. The lowest BCUT2D eigenvalue weighted by atomic mass is 10.1. The van der Waals surface area contributed by atoms with Crippen molar-refractivity contribution in [1.29, 1.82) is 0 Å². The van der Waals surface area contributed by atoms with Gasteiger partial charge in [0.05, 0.1) is 5.75 Å². The molecule has 162 valence electrons. The molecule has 2 amide bonds. The van der Waals surface area contributed by atoms with E-state index in [0.29, 0.717) is 18.0 Å². The van der Waals surface area contributed by atoms with Crippen molar-refractivity contribution < 1.29 is 9.59 Å². The molecular formula is C24H31ClN2O2S. The number of hydrogen-bond donors (Lipinski definition) is 1. The van der Waals surface area contributed by atoms with E-state index in [4.69, 9.17) is 11.6 Å². The monoisotopic (exact) mass is 446 g/mol. The summed E-state index contributed by atoms with van der Waals surface area (Å²) in [5, 5.41) is 3.70. The van der Waals surface area contributed by atoms with Gasteiger partial charge in [-0.1, -0.05) is 55.3 Å². The number of nitrogens with zero attached hydrogens (tertiary/aromatic N) is 1. The fraction of sp³-hybridized carbons (Fsp3) is 0.417. The Morgan fingerprint density at radius 2 is 1.67 bits per heavy atom. The Kier molecular flexibility index (Phi) is 9.73. The highest BCUT2D eigenvalue weighted by Gasteiger charge is 2.29. The van der Waals surface area contributed by atoms with Gasteiger partial charge in [0.1, 0.15) is 6.04 Å². The van der Waals surface area contributed by atoms with Gasteiger partial charge in [-0.2, -0.15) is 0 Å². The van der Waals surface area contributed by atoms with E-state index in [9.17, 15) is 9.59 Å². The average molecular weight is 447 g/mol. The van der Waals surface area contributed by atoms with Gasteiger partial charge in [-0.3, -0.25) is 9.59 Å². The molecule has 0 saturated carbocycles. The summed E-state index contributed by atoms with van der Waals surface area (Å²) in [7, 11) is 0. The minimum absolute atomic E-state index is 0.0540. The average Bonchev–Trinajstić information content (AvgIpc) is 2.74. The molecule has 30 heavy (non-hydrogen) atoms. The van der Waals surface area contributed by atoms with Crippen molar-refractivity contribution in [1.82, 2.24) is 10.2 Å². The summed E-state index contributed by atoms with van der Waals surface area (Å²) in [5.74, 6) is 0.117. The fourth-order valence-corrected chi connectivity index (χ4v) is 3.92. The van der Waals surface area contributed by atoms with Crippen molar-refractivity contribution in [2.24, 2.45) is 0 Å². The van der Waals surface area contributed by atoms with Gasteiger partial charge in [0, 0.05) is 22.5 Å². The third-order valence-corrected chi connectivity index (χ3v) is 6.29. The Morgan fingerprint density at radius 1 is 1.03 bits per heavy atom. The topological polar surface area (TPSA) is 49.4 Å². The van der Waals surface area contributed by atoms with Crippen LogP contribution in [0.4, 0.5) is 0 Å². The molecule has 1 N–H and O–H groups in total. The molecule has 0 saturated heterocycles. The molecule has 0 aromatic heterocycles. The first kappa shape index (κ1) is 24.3. The number of carbonyl (C=O) groups is 2. The number of rotatable bonds is 10. The molecule has 0 aliphatic carbocycles. The minimum atomic E-state index is -0.501. The molecule has 0 unspecified atom stereocenters. The second kappa shape index (κ2) is 12.0. The minimum Gasteiger partial charge on any atom is -0.352 e. The molecule has 0 fully saturated rings. The van der Waals surface area contributed by atoms with E-state index in [2.05, 4.69) is 5.32 Å². The SMILES string of the molecule is CC[C@H](C)NC(=O)[C@H](CC)N(Cc1ccc(C)cc1)C(=O)CSc1ccc(Cl)cc1. The van der Waals surface area contributed by atoms with Crippen LogP contribution in [-0.4, -0.2) is 34.6 Å². The molecule has 6 heteroatoms. The molecule has 0 aliphatic heterocycles. The number of thioether (sulfide) groups is 1. The lowest BCUT2D eigenvalue weighted by Gasteiger charge is -2.31. The molecular weight excluding hydrogens is 416 g/mol. The maximum Gasteiger partial charge on any atom is 0.243 e. The number of nitrogens with one attached hydrogen (secondary N) is 1. The van der Waals surface area contributed by atoms with Crippen molar-refractivity contribution >= 4 is 35.2 Å². The van der Waals surface area contributed by atoms with Crippen LogP contribution < -0.4 is 5.32 Å². The molecule has 2 atom stereocenters. The summed E-state index contributed by atoms with van der Waals surface area (Å²) in [5.41, 5.74) is 2.18. The number of halogens is 1. The molecule has 2 aromatic rings. The zero-order valence-corrected chi connectivity index (χ0v) is 19.7. The van der Waals surface area contributed by atoms with Crippen LogP contribution in [-0.2, 0) is 16.1 Å². The number of carbonyl (C=O) groups excluding carboxylic acids is 2. The smallest absolute Gasteiger partial charge is 0.243 e. The van der Waals surface area contributed by atoms with Crippen LogP contribution in [0.2, 0.25) is 5.02 Å². The van der Waals surface area contributed by atoms with Crippen molar-refractivity contribution in [3.63, 3.8) is 0 Å². The van der Waals surface area contributed by atoms with E-state index in [-0.39, 0.29) is 23.6 Å². The summed E-state index contributed by atoms with van der Waals surface area (Å²) in [6, 6.07) is 15.1. The van der Waals surface area contributed by atoms with Crippen LogP contribution in [0.15, 0.2) is 53.4 Å². The van der Waals surface area contributed by atoms with E-state index in [1.54, 1.807) is 4.90 Å². The Balaban J connectivity index is 2.19. The third-order valence-electron chi connectivity index (χ3n) is 5.04. The van der Waals surface area contributed by atoms with Gasteiger partial charge in [-0.05, 0) is 56.5 Å². The lowest BCUT2D eigenvalue weighted by Crippen LogP contribution is -2.51. The second-order valence-electron chi connectivity index (χ2n) is 7.49. The quantitative estimate of drug-likeness (QED) is 0.493. The molecule has 0 heterocycles. The van der Waals surface area contributed by atoms with Crippen LogP contribution in [0.5, 0.6) is 0 Å². The number of hydrogen-bond acceptors (Lipinski definition) is 3. The molecule has 0 radical (unpaired) electrons. The van der Waals surface area contributed by atoms with Gasteiger partial charge in [-0.15, -0.1) is 11.8 Å². The highest BCUT2D eigenvalue weighted by Crippen LogP contribution is 2.22. The highest BCUT2D eigenvalue weighted by molar-refractivity contribution is 8.00. The predicted octanol–water partition coefficient (Wildman–Crippen LogP) is 5.46. The molecule has 0 spiro atoms. The van der Waals surface area contributed by atoms with E-state index in [1.807, 2.05) is 76.2 Å². The Morgan fingerprint density at radius 3 is 2.23 bits per heavy atom. The zero-order chi connectivity index (χ0) is 22.1. The van der Waals surface area contributed by atoms with E-state index in [1.165, 1.54) is 11.8 Å².